The van der Waals surface area contributed by atoms with Crippen LogP contribution >= 0.6 is 0 Å². The van der Waals surface area contributed by atoms with Crippen molar-refractivity contribution in [1.29, 1.82) is 0 Å². The van der Waals surface area contributed by atoms with Crippen LogP contribution in [-0.4, -0.2) is 35.6 Å². The van der Waals surface area contributed by atoms with Crippen LogP contribution in [0.2, 0.25) is 0 Å². The number of nitrogens with zero attached hydrogens (tertiary/aromatic N) is 1. The van der Waals surface area contributed by atoms with Gasteiger partial charge in [-0.15, -0.1) is 0 Å². The molecule has 0 fully saturated rings. The molecule has 0 aliphatic carbocycles. The molecule has 2 aromatic rings. The monoisotopic (exact) mass is 364 g/mol. The van der Waals surface area contributed by atoms with E-state index in [2.05, 4.69) is 5.32 Å². The van der Waals surface area contributed by atoms with Crippen molar-refractivity contribution in [3.8, 4) is 11.5 Å². The van der Waals surface area contributed by atoms with E-state index >= 15 is 0 Å². The second-order valence-corrected chi connectivity index (χ2v) is 4.93. The molecule has 0 saturated heterocycles. The van der Waals surface area contributed by atoms with E-state index in [1.165, 1.54) is 25.3 Å². The summed E-state index contributed by atoms with van der Waals surface area (Å²) in [5, 5.41) is 22.5. The zero-order valence-electron chi connectivity index (χ0n) is 13.4. The Labute approximate surface area is 146 Å². The molecule has 0 radical (unpaired) electrons. The molecule has 0 heterocycles. The van der Waals surface area contributed by atoms with Crippen molar-refractivity contribution in [3.05, 3.63) is 57.9 Å². The number of aromatic hydroxyl groups is 1. The predicted molar refractivity (Wildman–Crippen MR) is 86.6 cm³/mol. The highest BCUT2D eigenvalue weighted by molar-refractivity contribution is 5.97. The first-order valence-electron chi connectivity index (χ1n) is 7.09. The summed E-state index contributed by atoms with van der Waals surface area (Å²) in [5.74, 6) is -2.87. The lowest BCUT2D eigenvalue weighted by Gasteiger charge is -2.09. The second kappa shape index (κ2) is 7.92. The van der Waals surface area contributed by atoms with Crippen molar-refractivity contribution >= 4 is 23.3 Å². The zero-order chi connectivity index (χ0) is 19.3. The van der Waals surface area contributed by atoms with Gasteiger partial charge in [-0.2, -0.15) is 0 Å². The van der Waals surface area contributed by atoms with Crippen LogP contribution in [0.1, 0.15) is 10.4 Å². The predicted octanol–water partition coefficient (Wildman–Crippen LogP) is 2.24. The first-order valence-corrected chi connectivity index (χ1v) is 7.09. The summed E-state index contributed by atoms with van der Waals surface area (Å²) >= 11 is 0. The van der Waals surface area contributed by atoms with E-state index < -0.39 is 46.3 Å². The topological polar surface area (TPSA) is 128 Å². The standard InChI is InChI=1S/C16H13FN2O7/c1-25-10-3-4-11(14(20)7-10)16(22)26-8-15(21)18-13-6-9(19(23)24)2-5-12(13)17/h2-7,20H,8H2,1H3,(H,18,21). The lowest BCUT2D eigenvalue weighted by Crippen LogP contribution is -2.21. The number of carbonyl (C=O) groups excluding carboxylic acids is 2. The number of phenols is 1. The highest BCUT2D eigenvalue weighted by Crippen LogP contribution is 2.24. The molecule has 9 nitrogen and oxygen atoms in total. The van der Waals surface area contributed by atoms with E-state index in [0.29, 0.717) is 5.75 Å². The number of ether oxygens (including phenoxy) is 2. The van der Waals surface area contributed by atoms with Gasteiger partial charge >= 0.3 is 5.97 Å². The number of carbonyl (C=O) groups is 2. The molecule has 0 aliphatic heterocycles. The molecular formula is C16H13FN2O7. The van der Waals surface area contributed by atoms with Gasteiger partial charge in [0.25, 0.3) is 11.6 Å². The van der Waals surface area contributed by atoms with Crippen LogP contribution in [0.3, 0.4) is 0 Å². The average Bonchev–Trinajstić information content (AvgIpc) is 2.61. The number of anilines is 1. The number of rotatable bonds is 6. The Morgan fingerprint density at radius 1 is 1.27 bits per heavy atom. The van der Waals surface area contributed by atoms with Crippen LogP contribution in [0.25, 0.3) is 0 Å². The Morgan fingerprint density at radius 2 is 2.00 bits per heavy atom. The molecule has 1 amide bonds. The molecule has 26 heavy (non-hydrogen) atoms. The summed E-state index contributed by atoms with van der Waals surface area (Å²) in [4.78, 5) is 33.5. The Morgan fingerprint density at radius 3 is 2.62 bits per heavy atom. The van der Waals surface area contributed by atoms with Crippen molar-refractivity contribution in [2.45, 2.75) is 0 Å². The fraction of sp³-hybridized carbons (Fsp3) is 0.125. The molecule has 10 heteroatoms. The maximum Gasteiger partial charge on any atom is 0.342 e. The molecule has 136 valence electrons. The van der Waals surface area contributed by atoms with Crippen molar-refractivity contribution in [2.24, 2.45) is 0 Å². The van der Waals surface area contributed by atoms with Crippen LogP contribution in [0.15, 0.2) is 36.4 Å². The number of benzene rings is 2. The van der Waals surface area contributed by atoms with Gasteiger partial charge in [-0.1, -0.05) is 0 Å². The van der Waals surface area contributed by atoms with E-state index in [1.54, 1.807) is 0 Å². The van der Waals surface area contributed by atoms with Crippen molar-refractivity contribution in [2.75, 3.05) is 19.0 Å². The van der Waals surface area contributed by atoms with Gasteiger partial charge in [0.05, 0.1) is 17.7 Å². The molecule has 0 unspecified atom stereocenters. The SMILES string of the molecule is COc1ccc(C(=O)OCC(=O)Nc2cc([N+](=O)[O-])ccc2F)c(O)c1. The quantitative estimate of drug-likeness (QED) is 0.457. The number of methoxy groups -OCH3 is 1. The van der Waals surface area contributed by atoms with E-state index in [4.69, 9.17) is 9.47 Å². The molecule has 0 spiro atoms. The number of halogens is 1. The normalized spacial score (nSPS) is 10.1. The number of phenolic OH excluding ortho intramolecular Hbond substituents is 1. The smallest absolute Gasteiger partial charge is 0.342 e. The summed E-state index contributed by atoms with van der Waals surface area (Å²) < 4.78 is 23.2. The first kappa shape index (κ1) is 18.6. The number of hydrogen-bond acceptors (Lipinski definition) is 7. The minimum absolute atomic E-state index is 0.194. The molecule has 0 aliphatic rings. The van der Waals surface area contributed by atoms with Crippen molar-refractivity contribution in [1.82, 2.24) is 0 Å². The molecule has 2 rings (SSSR count). The van der Waals surface area contributed by atoms with Gasteiger partial charge in [0.1, 0.15) is 22.9 Å². The number of nitro groups is 1. The van der Waals surface area contributed by atoms with Gasteiger partial charge < -0.3 is 19.9 Å². The molecular weight excluding hydrogens is 351 g/mol. The second-order valence-electron chi connectivity index (χ2n) is 4.93. The van der Waals surface area contributed by atoms with Gasteiger partial charge in [0.15, 0.2) is 6.61 Å². The van der Waals surface area contributed by atoms with Crippen molar-refractivity contribution in [3.63, 3.8) is 0 Å². The third-order valence-corrected chi connectivity index (χ3v) is 3.19. The number of esters is 1. The summed E-state index contributed by atoms with van der Waals surface area (Å²) in [6, 6.07) is 6.45. The van der Waals surface area contributed by atoms with Crippen LogP contribution in [0.5, 0.6) is 11.5 Å². The van der Waals surface area contributed by atoms with Crippen molar-refractivity contribution < 1.29 is 33.5 Å². The Kier molecular flexibility index (Phi) is 5.68. The number of nitrogens with one attached hydrogen (secondary N) is 1. The number of hydrogen-bond donors (Lipinski definition) is 2. The van der Waals surface area contributed by atoms with E-state index in [1.807, 2.05) is 0 Å². The molecule has 2 N–H and O–H groups in total. The highest BCUT2D eigenvalue weighted by Gasteiger charge is 2.17. The van der Waals surface area contributed by atoms with Crippen LogP contribution in [-0.2, 0) is 9.53 Å². The number of nitro benzene ring substituents is 1. The third kappa shape index (κ3) is 4.44. The fourth-order valence-corrected chi connectivity index (χ4v) is 1.93. The Bertz CT molecular complexity index is 870. The van der Waals surface area contributed by atoms with Gasteiger partial charge in [-0.05, 0) is 18.2 Å². The summed E-state index contributed by atoms with van der Waals surface area (Å²) in [5.41, 5.74) is -1.03. The average molecular weight is 364 g/mol. The van der Waals surface area contributed by atoms with Crippen LogP contribution in [0, 0.1) is 15.9 Å². The lowest BCUT2D eigenvalue weighted by atomic mass is 10.2. The Hall–Kier alpha value is -3.69. The van der Waals surface area contributed by atoms with E-state index in [-0.39, 0.29) is 5.56 Å². The van der Waals surface area contributed by atoms with Gasteiger partial charge in [-0.3, -0.25) is 14.9 Å². The molecule has 2 aromatic carbocycles. The number of non-ortho nitro benzene ring substituents is 1. The highest BCUT2D eigenvalue weighted by atomic mass is 19.1. The van der Waals surface area contributed by atoms with E-state index in [0.717, 1.165) is 18.2 Å². The molecule has 0 saturated carbocycles. The first-order chi connectivity index (χ1) is 12.3. The summed E-state index contributed by atoms with van der Waals surface area (Å²) in [6.45, 7) is -0.785. The maximum absolute atomic E-state index is 13.6. The third-order valence-electron chi connectivity index (χ3n) is 3.19. The van der Waals surface area contributed by atoms with Gasteiger partial charge in [-0.25, -0.2) is 9.18 Å². The van der Waals surface area contributed by atoms with Crippen LogP contribution < -0.4 is 10.1 Å². The fourth-order valence-electron chi connectivity index (χ4n) is 1.93. The number of amides is 1. The van der Waals surface area contributed by atoms with Gasteiger partial charge in [0, 0.05) is 18.2 Å². The zero-order valence-corrected chi connectivity index (χ0v) is 13.4. The van der Waals surface area contributed by atoms with E-state index in [9.17, 15) is 29.2 Å². The summed E-state index contributed by atoms with van der Waals surface area (Å²) in [6.07, 6.45) is 0. The minimum atomic E-state index is -0.986. The molecule has 0 bridgehead atoms. The van der Waals surface area contributed by atoms with Crippen LogP contribution in [0.4, 0.5) is 15.8 Å². The van der Waals surface area contributed by atoms with Gasteiger partial charge in [0.2, 0.25) is 0 Å². The Balaban J connectivity index is 2.00. The molecule has 0 atom stereocenters. The minimum Gasteiger partial charge on any atom is -0.507 e. The molecule has 0 aromatic heterocycles. The summed E-state index contributed by atoms with van der Waals surface area (Å²) in [7, 11) is 1.38. The lowest BCUT2D eigenvalue weighted by molar-refractivity contribution is -0.384. The largest absolute Gasteiger partial charge is 0.507 e. The maximum atomic E-state index is 13.6.